The quantitative estimate of drug-likeness (QED) is 0.506. The van der Waals surface area contributed by atoms with Crippen LogP contribution in [0.25, 0.3) is 0 Å². The van der Waals surface area contributed by atoms with E-state index in [-0.39, 0.29) is 24.5 Å². The van der Waals surface area contributed by atoms with Crippen LogP contribution in [0.15, 0.2) is 0 Å². The van der Waals surface area contributed by atoms with Crippen molar-refractivity contribution in [1.82, 2.24) is 0 Å². The van der Waals surface area contributed by atoms with E-state index in [1.807, 2.05) is 0 Å². The number of esters is 1. The van der Waals surface area contributed by atoms with Crippen LogP contribution in [0, 0.1) is 0 Å². The Morgan fingerprint density at radius 3 is 2.25 bits per heavy atom. The van der Waals surface area contributed by atoms with Crippen LogP contribution in [0.2, 0.25) is 0 Å². The van der Waals surface area contributed by atoms with Gasteiger partial charge in [-0.2, -0.15) is 0 Å². The van der Waals surface area contributed by atoms with Crippen LogP contribution in [-0.2, 0) is 9.53 Å². The van der Waals surface area contributed by atoms with Crippen LogP contribution in [0.5, 0.6) is 0 Å². The highest BCUT2D eigenvalue weighted by Gasteiger charge is 2.23. The van der Waals surface area contributed by atoms with Gasteiger partial charge in [-0.25, -0.2) is 0 Å². The summed E-state index contributed by atoms with van der Waals surface area (Å²) in [6.45, 7) is 1.44. The lowest BCUT2D eigenvalue weighted by Gasteiger charge is -1.92. The normalized spacial score (nSPS) is 16.6. The molecule has 8 heavy (non-hydrogen) atoms. The molecule has 0 saturated heterocycles. The van der Waals surface area contributed by atoms with Gasteiger partial charge in [0.2, 0.25) is 0 Å². The first-order valence-electron chi connectivity index (χ1n) is 2.46. The maximum Gasteiger partial charge on any atom is 0.302 e. The molecule has 0 heterocycles. The molecule has 0 aromatic rings. The van der Waals surface area contributed by atoms with E-state index in [4.69, 9.17) is 4.74 Å². The molecule has 0 spiro atoms. The highest BCUT2D eigenvalue weighted by molar-refractivity contribution is 5.85. The molecule has 1 fully saturated rings. The molecular formula is C5H9ClO2. The van der Waals surface area contributed by atoms with Crippen molar-refractivity contribution in [3.63, 3.8) is 0 Å². The molecule has 0 aliphatic heterocycles. The first kappa shape index (κ1) is 7.76. The molecule has 1 aliphatic carbocycles. The summed E-state index contributed by atoms with van der Waals surface area (Å²) in [4.78, 5) is 10.1. The fourth-order valence-corrected chi connectivity index (χ4v) is 0.421. The van der Waals surface area contributed by atoms with Crippen LogP contribution < -0.4 is 0 Å². The van der Waals surface area contributed by atoms with Crippen molar-refractivity contribution in [2.24, 2.45) is 0 Å². The topological polar surface area (TPSA) is 26.3 Å². The number of hydrogen-bond acceptors (Lipinski definition) is 2. The second kappa shape index (κ2) is 2.92. The van der Waals surface area contributed by atoms with E-state index in [2.05, 4.69) is 0 Å². The lowest BCUT2D eigenvalue weighted by molar-refractivity contribution is -0.142. The summed E-state index contributed by atoms with van der Waals surface area (Å²) in [5.41, 5.74) is 0. The molecule has 0 unspecified atom stereocenters. The summed E-state index contributed by atoms with van der Waals surface area (Å²) in [7, 11) is 0. The minimum Gasteiger partial charge on any atom is -0.463 e. The first-order chi connectivity index (χ1) is 3.29. The third kappa shape index (κ3) is 2.86. The molecule has 0 aromatic carbocycles. The maximum atomic E-state index is 10.1. The van der Waals surface area contributed by atoms with E-state index in [0.717, 1.165) is 12.8 Å². The number of carbonyl (C=O) groups is 1. The van der Waals surface area contributed by atoms with Gasteiger partial charge in [-0.3, -0.25) is 4.79 Å². The third-order valence-corrected chi connectivity index (χ3v) is 0.857. The van der Waals surface area contributed by atoms with Gasteiger partial charge in [-0.05, 0) is 12.8 Å². The molecule has 3 heteroatoms. The Morgan fingerprint density at radius 2 is 2.12 bits per heavy atom. The summed E-state index contributed by atoms with van der Waals surface area (Å²) >= 11 is 0. The Labute approximate surface area is 54.6 Å². The Kier molecular flexibility index (Phi) is 2.84. The highest BCUT2D eigenvalue weighted by Crippen LogP contribution is 2.23. The SMILES string of the molecule is CC(=O)OC1CC1.Cl. The van der Waals surface area contributed by atoms with Gasteiger partial charge in [0.15, 0.2) is 0 Å². The van der Waals surface area contributed by atoms with E-state index >= 15 is 0 Å². The average Bonchev–Trinajstić information content (AvgIpc) is 2.17. The zero-order chi connectivity index (χ0) is 5.28. The van der Waals surface area contributed by atoms with Crippen molar-refractivity contribution in [1.29, 1.82) is 0 Å². The van der Waals surface area contributed by atoms with E-state index < -0.39 is 0 Å². The molecule has 0 aromatic heterocycles. The minimum absolute atomic E-state index is 0. The molecule has 48 valence electrons. The number of halogens is 1. The van der Waals surface area contributed by atoms with Gasteiger partial charge in [-0.1, -0.05) is 0 Å². The number of ether oxygens (including phenoxy) is 1. The van der Waals surface area contributed by atoms with Crippen molar-refractivity contribution >= 4 is 18.4 Å². The van der Waals surface area contributed by atoms with Gasteiger partial charge in [0.1, 0.15) is 6.10 Å². The van der Waals surface area contributed by atoms with Gasteiger partial charge >= 0.3 is 5.97 Å². The van der Waals surface area contributed by atoms with E-state index in [9.17, 15) is 4.79 Å². The summed E-state index contributed by atoms with van der Waals surface area (Å²) in [6, 6.07) is 0. The summed E-state index contributed by atoms with van der Waals surface area (Å²) < 4.78 is 4.72. The fraction of sp³-hybridized carbons (Fsp3) is 0.800. The Hall–Kier alpha value is -0.240. The molecule has 0 amide bonds. The number of carbonyl (C=O) groups excluding carboxylic acids is 1. The van der Waals surface area contributed by atoms with Crippen molar-refractivity contribution in [3.05, 3.63) is 0 Å². The van der Waals surface area contributed by atoms with Crippen LogP contribution in [-0.4, -0.2) is 12.1 Å². The standard InChI is InChI=1S/C5H8O2.ClH/c1-4(6)7-5-2-3-5;/h5H,2-3H2,1H3;1H. The van der Waals surface area contributed by atoms with Crippen molar-refractivity contribution in [2.75, 3.05) is 0 Å². The molecule has 1 saturated carbocycles. The fourth-order valence-electron chi connectivity index (χ4n) is 0.421. The predicted octanol–water partition coefficient (Wildman–Crippen LogP) is 1.13. The maximum absolute atomic E-state index is 10.1. The molecular weight excluding hydrogens is 128 g/mol. The second-order valence-corrected chi connectivity index (χ2v) is 1.81. The van der Waals surface area contributed by atoms with Crippen LogP contribution in [0.1, 0.15) is 19.8 Å². The summed E-state index contributed by atoms with van der Waals surface area (Å²) in [5.74, 6) is -0.150. The zero-order valence-corrected chi connectivity index (χ0v) is 5.53. The molecule has 0 bridgehead atoms. The lowest BCUT2D eigenvalue weighted by atomic mass is 10.7. The molecule has 1 aliphatic rings. The van der Waals surface area contributed by atoms with Gasteiger partial charge in [0.05, 0.1) is 0 Å². The first-order valence-corrected chi connectivity index (χ1v) is 2.46. The van der Waals surface area contributed by atoms with E-state index in [1.165, 1.54) is 6.92 Å². The summed E-state index contributed by atoms with van der Waals surface area (Å²) in [6.07, 6.45) is 2.41. The van der Waals surface area contributed by atoms with Crippen molar-refractivity contribution in [3.8, 4) is 0 Å². The van der Waals surface area contributed by atoms with Crippen LogP contribution in [0.3, 0.4) is 0 Å². The second-order valence-electron chi connectivity index (χ2n) is 1.81. The molecule has 0 N–H and O–H groups in total. The monoisotopic (exact) mass is 136 g/mol. The Balaban J connectivity index is 0.000000490. The van der Waals surface area contributed by atoms with Crippen LogP contribution in [0.4, 0.5) is 0 Å². The van der Waals surface area contributed by atoms with Crippen LogP contribution >= 0.6 is 12.4 Å². The lowest BCUT2D eigenvalue weighted by Crippen LogP contribution is -1.98. The van der Waals surface area contributed by atoms with Crippen molar-refractivity contribution in [2.45, 2.75) is 25.9 Å². The van der Waals surface area contributed by atoms with E-state index in [0.29, 0.717) is 0 Å². The van der Waals surface area contributed by atoms with Gasteiger partial charge < -0.3 is 4.74 Å². The summed E-state index contributed by atoms with van der Waals surface area (Å²) in [5, 5.41) is 0. The Morgan fingerprint density at radius 1 is 1.62 bits per heavy atom. The predicted molar refractivity (Wildman–Crippen MR) is 32.0 cm³/mol. The van der Waals surface area contributed by atoms with E-state index in [1.54, 1.807) is 0 Å². The van der Waals surface area contributed by atoms with Gasteiger partial charge in [-0.15, -0.1) is 12.4 Å². The molecule has 0 atom stereocenters. The number of rotatable bonds is 1. The van der Waals surface area contributed by atoms with Gasteiger partial charge in [0, 0.05) is 6.92 Å². The zero-order valence-electron chi connectivity index (χ0n) is 4.72. The third-order valence-electron chi connectivity index (χ3n) is 0.857. The molecule has 0 radical (unpaired) electrons. The molecule has 2 nitrogen and oxygen atoms in total. The van der Waals surface area contributed by atoms with Crippen molar-refractivity contribution < 1.29 is 9.53 Å². The Bertz CT molecular complexity index is 88.4. The molecule has 1 rings (SSSR count). The minimum atomic E-state index is -0.150. The van der Waals surface area contributed by atoms with Gasteiger partial charge in [0.25, 0.3) is 0 Å². The average molecular weight is 137 g/mol. The largest absolute Gasteiger partial charge is 0.463 e. The number of hydrogen-bond donors (Lipinski definition) is 0. The highest BCUT2D eigenvalue weighted by atomic mass is 35.5. The smallest absolute Gasteiger partial charge is 0.302 e.